The van der Waals surface area contributed by atoms with Crippen molar-refractivity contribution in [2.75, 3.05) is 0 Å². The molecule has 0 atom stereocenters. The van der Waals surface area contributed by atoms with Crippen LogP contribution in [-0.4, -0.2) is 9.97 Å². The lowest BCUT2D eigenvalue weighted by atomic mass is 10.3. The van der Waals surface area contributed by atoms with E-state index in [1.165, 1.54) is 0 Å². The standard InChI is InChI=1S/C8H6N2S2/c11-8-4-9-3-7(10-8)6-1-2-12-5-6/h1-5H,(H,10,11). The van der Waals surface area contributed by atoms with E-state index in [2.05, 4.69) is 15.3 Å². The third kappa shape index (κ3) is 1.44. The number of hydrogen-bond donors (Lipinski definition) is 1. The molecule has 0 unspecified atom stereocenters. The summed E-state index contributed by atoms with van der Waals surface area (Å²) in [5, 5.41) is 4.08. The van der Waals surface area contributed by atoms with Gasteiger partial charge in [-0.3, -0.25) is 4.98 Å². The molecule has 2 heterocycles. The minimum Gasteiger partial charge on any atom is -0.344 e. The minimum atomic E-state index is 0.665. The maximum Gasteiger partial charge on any atom is 0.122 e. The summed E-state index contributed by atoms with van der Waals surface area (Å²) in [6.07, 6.45) is 3.41. The maximum absolute atomic E-state index is 4.96. The monoisotopic (exact) mass is 194 g/mol. The average molecular weight is 194 g/mol. The normalized spacial score (nSPS) is 10.0. The number of aromatic nitrogens is 2. The first kappa shape index (κ1) is 7.64. The summed E-state index contributed by atoms with van der Waals surface area (Å²) in [7, 11) is 0. The van der Waals surface area contributed by atoms with Crippen molar-refractivity contribution in [2.24, 2.45) is 0 Å². The van der Waals surface area contributed by atoms with Crippen LogP contribution < -0.4 is 0 Å². The lowest BCUT2D eigenvalue weighted by Gasteiger charge is -1.94. The highest BCUT2D eigenvalue weighted by atomic mass is 32.1. The Morgan fingerprint density at radius 2 is 2.33 bits per heavy atom. The Bertz CT molecular complexity index is 417. The average Bonchev–Trinajstić information content (AvgIpc) is 2.56. The third-order valence-electron chi connectivity index (χ3n) is 1.49. The summed E-state index contributed by atoms with van der Waals surface area (Å²) in [4.78, 5) is 7.08. The van der Waals surface area contributed by atoms with E-state index in [4.69, 9.17) is 12.2 Å². The summed E-state index contributed by atoms with van der Waals surface area (Å²) >= 11 is 6.62. The van der Waals surface area contributed by atoms with Crippen molar-refractivity contribution in [3.05, 3.63) is 33.9 Å². The molecule has 0 aliphatic carbocycles. The lowest BCUT2D eigenvalue weighted by Crippen LogP contribution is -1.82. The molecule has 2 aromatic heterocycles. The molecule has 2 nitrogen and oxygen atoms in total. The summed E-state index contributed by atoms with van der Waals surface area (Å²) in [5.74, 6) is 0. The Labute approximate surface area is 78.9 Å². The van der Waals surface area contributed by atoms with E-state index in [9.17, 15) is 0 Å². The van der Waals surface area contributed by atoms with Gasteiger partial charge < -0.3 is 4.98 Å². The molecule has 0 fully saturated rings. The second kappa shape index (κ2) is 3.16. The highest BCUT2D eigenvalue weighted by molar-refractivity contribution is 7.71. The molecule has 0 saturated carbocycles. The number of nitrogens with one attached hydrogen (secondary N) is 1. The van der Waals surface area contributed by atoms with Gasteiger partial charge in [-0.1, -0.05) is 12.2 Å². The molecular formula is C8H6N2S2. The van der Waals surface area contributed by atoms with Crippen LogP contribution in [0.5, 0.6) is 0 Å². The molecule has 1 N–H and O–H groups in total. The number of rotatable bonds is 1. The van der Waals surface area contributed by atoms with E-state index < -0.39 is 0 Å². The summed E-state index contributed by atoms with van der Waals surface area (Å²) < 4.78 is 0.665. The van der Waals surface area contributed by atoms with Crippen molar-refractivity contribution in [1.29, 1.82) is 0 Å². The Kier molecular flexibility index (Phi) is 2.01. The van der Waals surface area contributed by atoms with Crippen molar-refractivity contribution in [1.82, 2.24) is 9.97 Å². The molecule has 2 rings (SSSR count). The molecule has 2 aromatic rings. The van der Waals surface area contributed by atoms with Crippen LogP contribution in [0.25, 0.3) is 11.3 Å². The topological polar surface area (TPSA) is 28.7 Å². The molecule has 12 heavy (non-hydrogen) atoms. The molecule has 0 aromatic carbocycles. The van der Waals surface area contributed by atoms with Gasteiger partial charge >= 0.3 is 0 Å². The fourth-order valence-electron chi connectivity index (χ4n) is 0.941. The molecule has 60 valence electrons. The number of thiophene rings is 1. The van der Waals surface area contributed by atoms with Crippen LogP contribution in [-0.2, 0) is 0 Å². The van der Waals surface area contributed by atoms with Crippen LogP contribution in [0.3, 0.4) is 0 Å². The van der Waals surface area contributed by atoms with E-state index in [0.29, 0.717) is 4.64 Å². The largest absolute Gasteiger partial charge is 0.344 e. The molecule has 0 aliphatic rings. The van der Waals surface area contributed by atoms with Gasteiger partial charge in [0.25, 0.3) is 0 Å². The third-order valence-corrected chi connectivity index (χ3v) is 2.38. The summed E-state index contributed by atoms with van der Waals surface area (Å²) in [5.41, 5.74) is 2.11. The number of aromatic amines is 1. The molecular weight excluding hydrogens is 188 g/mol. The maximum atomic E-state index is 4.96. The van der Waals surface area contributed by atoms with Gasteiger partial charge in [-0.05, 0) is 11.4 Å². The van der Waals surface area contributed by atoms with Crippen molar-refractivity contribution in [3.63, 3.8) is 0 Å². The Balaban J connectivity index is 2.55. The predicted octanol–water partition coefficient (Wildman–Crippen LogP) is 2.87. The van der Waals surface area contributed by atoms with Gasteiger partial charge in [-0.15, -0.1) is 0 Å². The first-order valence-electron chi connectivity index (χ1n) is 3.43. The van der Waals surface area contributed by atoms with E-state index in [0.717, 1.165) is 11.3 Å². The second-order valence-corrected chi connectivity index (χ2v) is 3.54. The Morgan fingerprint density at radius 1 is 1.42 bits per heavy atom. The first-order chi connectivity index (χ1) is 5.86. The van der Waals surface area contributed by atoms with Crippen LogP contribution in [0.15, 0.2) is 29.2 Å². The van der Waals surface area contributed by atoms with E-state index in [1.807, 2.05) is 11.4 Å². The van der Waals surface area contributed by atoms with Crippen LogP contribution in [0.1, 0.15) is 0 Å². The lowest BCUT2D eigenvalue weighted by molar-refractivity contribution is 1.19. The van der Waals surface area contributed by atoms with Crippen molar-refractivity contribution >= 4 is 23.6 Å². The second-order valence-electron chi connectivity index (χ2n) is 2.32. The first-order valence-corrected chi connectivity index (χ1v) is 4.78. The molecule has 0 aliphatic heterocycles. The smallest absolute Gasteiger partial charge is 0.122 e. The number of hydrogen-bond acceptors (Lipinski definition) is 3. The molecule has 4 heteroatoms. The zero-order valence-electron chi connectivity index (χ0n) is 6.15. The van der Waals surface area contributed by atoms with Crippen LogP contribution in [0.4, 0.5) is 0 Å². The van der Waals surface area contributed by atoms with Gasteiger partial charge in [0.2, 0.25) is 0 Å². The molecule has 0 saturated heterocycles. The molecule has 0 spiro atoms. The molecule has 0 radical (unpaired) electrons. The fourth-order valence-corrected chi connectivity index (χ4v) is 1.77. The SMILES string of the molecule is S=c1cncc(-c2ccsc2)[nH]1. The Hall–Kier alpha value is -1.00. The highest BCUT2D eigenvalue weighted by Crippen LogP contribution is 2.18. The zero-order chi connectivity index (χ0) is 8.39. The van der Waals surface area contributed by atoms with Gasteiger partial charge in [-0.2, -0.15) is 11.3 Å². The van der Waals surface area contributed by atoms with Gasteiger partial charge in [-0.25, -0.2) is 0 Å². The summed E-state index contributed by atoms with van der Waals surface area (Å²) in [6.45, 7) is 0. The summed E-state index contributed by atoms with van der Waals surface area (Å²) in [6, 6.07) is 2.03. The van der Waals surface area contributed by atoms with Gasteiger partial charge in [0, 0.05) is 10.9 Å². The quantitative estimate of drug-likeness (QED) is 0.707. The van der Waals surface area contributed by atoms with E-state index >= 15 is 0 Å². The van der Waals surface area contributed by atoms with E-state index in [-0.39, 0.29) is 0 Å². The zero-order valence-corrected chi connectivity index (χ0v) is 7.78. The van der Waals surface area contributed by atoms with Crippen LogP contribution in [0, 0.1) is 4.64 Å². The van der Waals surface area contributed by atoms with Gasteiger partial charge in [0.15, 0.2) is 0 Å². The van der Waals surface area contributed by atoms with Crippen LogP contribution >= 0.6 is 23.6 Å². The van der Waals surface area contributed by atoms with Gasteiger partial charge in [0.1, 0.15) is 4.64 Å². The highest BCUT2D eigenvalue weighted by Gasteiger charge is 1.96. The van der Waals surface area contributed by atoms with Crippen molar-refractivity contribution < 1.29 is 0 Å². The Morgan fingerprint density at radius 3 is 3.00 bits per heavy atom. The van der Waals surface area contributed by atoms with E-state index in [1.54, 1.807) is 23.7 Å². The van der Waals surface area contributed by atoms with Crippen molar-refractivity contribution in [2.45, 2.75) is 0 Å². The molecule has 0 amide bonds. The van der Waals surface area contributed by atoms with Gasteiger partial charge in [0.05, 0.1) is 18.1 Å². The fraction of sp³-hybridized carbons (Fsp3) is 0. The minimum absolute atomic E-state index is 0.665. The number of nitrogens with zero attached hydrogens (tertiary/aromatic N) is 1. The van der Waals surface area contributed by atoms with Crippen LogP contribution in [0.2, 0.25) is 0 Å². The number of H-pyrrole nitrogens is 1. The predicted molar refractivity (Wildman–Crippen MR) is 52.7 cm³/mol. The van der Waals surface area contributed by atoms with Crippen molar-refractivity contribution in [3.8, 4) is 11.3 Å². The molecule has 0 bridgehead atoms.